The Hall–Kier alpha value is -0.530. The molecule has 0 rings (SSSR count). The topological polar surface area (TPSA) is 26.3 Å². The number of hydrogen-bond acceptors (Lipinski definition) is 2. The second kappa shape index (κ2) is 11.3. The first-order valence-corrected chi connectivity index (χ1v) is 8.21. The highest BCUT2D eigenvalue weighted by Crippen LogP contribution is 2.21. The van der Waals surface area contributed by atoms with Crippen molar-refractivity contribution >= 4 is 5.97 Å². The van der Waals surface area contributed by atoms with Crippen molar-refractivity contribution in [2.75, 3.05) is 6.61 Å². The summed E-state index contributed by atoms with van der Waals surface area (Å²) in [5.74, 6) is -0.0467. The van der Waals surface area contributed by atoms with E-state index in [1.54, 1.807) is 0 Å². The molecule has 0 aromatic rings. The van der Waals surface area contributed by atoms with Crippen LogP contribution in [0.3, 0.4) is 0 Å². The maximum Gasteiger partial charge on any atom is 0.311 e. The zero-order valence-corrected chi connectivity index (χ0v) is 13.6. The quantitative estimate of drug-likeness (QED) is 0.346. The van der Waals surface area contributed by atoms with E-state index in [-0.39, 0.29) is 11.4 Å². The van der Waals surface area contributed by atoms with Crippen LogP contribution in [0.15, 0.2) is 0 Å². The molecule has 2 nitrogen and oxygen atoms in total. The van der Waals surface area contributed by atoms with Crippen LogP contribution < -0.4 is 0 Å². The van der Waals surface area contributed by atoms with Crippen LogP contribution in [-0.2, 0) is 9.53 Å². The van der Waals surface area contributed by atoms with Crippen LogP contribution in [0.4, 0.5) is 0 Å². The number of carbonyl (C=O) groups excluding carboxylic acids is 1. The van der Waals surface area contributed by atoms with E-state index in [2.05, 4.69) is 6.92 Å². The Morgan fingerprint density at radius 2 is 1.32 bits per heavy atom. The number of unbranched alkanes of at least 4 members (excludes halogenated alkanes) is 8. The Labute approximate surface area is 120 Å². The number of carbonyl (C=O) groups is 1. The van der Waals surface area contributed by atoms with Crippen LogP contribution >= 0.6 is 0 Å². The molecule has 0 heterocycles. The van der Waals surface area contributed by atoms with E-state index in [4.69, 9.17) is 4.74 Å². The molecule has 0 saturated heterocycles. The molecule has 0 spiro atoms. The van der Waals surface area contributed by atoms with Crippen molar-refractivity contribution in [3.05, 3.63) is 0 Å². The summed E-state index contributed by atoms with van der Waals surface area (Å²) in [7, 11) is 0. The molecular weight excluding hydrogens is 236 g/mol. The van der Waals surface area contributed by atoms with E-state index >= 15 is 0 Å². The van der Waals surface area contributed by atoms with Gasteiger partial charge < -0.3 is 4.74 Å². The summed E-state index contributed by atoms with van der Waals surface area (Å²) in [6.07, 6.45) is 12.5. The van der Waals surface area contributed by atoms with Crippen molar-refractivity contribution in [3.8, 4) is 0 Å². The zero-order chi connectivity index (χ0) is 14.6. The van der Waals surface area contributed by atoms with Gasteiger partial charge in [0, 0.05) is 0 Å². The summed E-state index contributed by atoms with van der Waals surface area (Å²) in [6, 6.07) is 0. The summed E-state index contributed by atoms with van der Waals surface area (Å²) < 4.78 is 5.32. The maximum absolute atomic E-state index is 11.7. The largest absolute Gasteiger partial charge is 0.465 e. The molecule has 0 atom stereocenters. The molecular formula is C17H34O2. The van der Waals surface area contributed by atoms with Crippen molar-refractivity contribution in [1.82, 2.24) is 0 Å². The van der Waals surface area contributed by atoms with Crippen LogP contribution in [0.1, 0.15) is 91.9 Å². The molecule has 0 bridgehead atoms. The van der Waals surface area contributed by atoms with Crippen molar-refractivity contribution in [2.45, 2.75) is 91.9 Å². The average Bonchev–Trinajstić information content (AvgIpc) is 2.40. The van der Waals surface area contributed by atoms with Crippen molar-refractivity contribution in [2.24, 2.45) is 5.41 Å². The second-order valence-electron chi connectivity index (χ2n) is 6.20. The first-order chi connectivity index (χ1) is 9.04. The fourth-order valence-corrected chi connectivity index (χ4v) is 1.92. The van der Waals surface area contributed by atoms with Crippen molar-refractivity contribution in [3.63, 3.8) is 0 Å². The van der Waals surface area contributed by atoms with Crippen LogP contribution in [0, 0.1) is 5.41 Å². The first-order valence-electron chi connectivity index (χ1n) is 8.21. The van der Waals surface area contributed by atoms with Crippen LogP contribution in [0.2, 0.25) is 0 Å². The van der Waals surface area contributed by atoms with E-state index < -0.39 is 0 Å². The van der Waals surface area contributed by atoms with Gasteiger partial charge in [-0.25, -0.2) is 0 Å². The highest BCUT2D eigenvalue weighted by Gasteiger charge is 2.26. The van der Waals surface area contributed by atoms with Gasteiger partial charge in [0.25, 0.3) is 0 Å². The molecule has 0 aliphatic rings. The minimum atomic E-state index is -0.320. The van der Waals surface area contributed by atoms with E-state index in [1.165, 1.54) is 51.4 Å². The molecule has 2 heteroatoms. The summed E-state index contributed by atoms with van der Waals surface area (Å²) in [5.41, 5.74) is -0.320. The lowest BCUT2D eigenvalue weighted by atomic mass is 9.91. The third-order valence-corrected chi connectivity index (χ3v) is 3.92. The molecule has 0 aliphatic heterocycles. The number of hydrogen-bond donors (Lipinski definition) is 0. The lowest BCUT2D eigenvalue weighted by Gasteiger charge is -2.20. The normalized spacial score (nSPS) is 11.6. The average molecular weight is 270 g/mol. The Morgan fingerprint density at radius 3 is 1.79 bits per heavy atom. The van der Waals surface area contributed by atoms with Gasteiger partial charge in [-0.2, -0.15) is 0 Å². The lowest BCUT2D eigenvalue weighted by molar-refractivity contribution is -0.154. The lowest BCUT2D eigenvalue weighted by Crippen LogP contribution is -2.26. The molecule has 0 fully saturated rings. The fraction of sp³-hybridized carbons (Fsp3) is 0.941. The molecule has 0 aromatic heterocycles. The van der Waals surface area contributed by atoms with Gasteiger partial charge in [0.05, 0.1) is 12.0 Å². The third kappa shape index (κ3) is 9.98. The van der Waals surface area contributed by atoms with Crippen molar-refractivity contribution < 1.29 is 9.53 Å². The van der Waals surface area contributed by atoms with E-state index in [0.29, 0.717) is 6.61 Å². The summed E-state index contributed by atoms with van der Waals surface area (Å²) >= 11 is 0. The Morgan fingerprint density at radius 1 is 0.842 bits per heavy atom. The van der Waals surface area contributed by atoms with Gasteiger partial charge in [0.1, 0.15) is 0 Å². The molecule has 0 unspecified atom stereocenters. The Balaban J connectivity index is 3.30. The van der Waals surface area contributed by atoms with Gasteiger partial charge in [-0.05, 0) is 26.7 Å². The molecule has 0 amide bonds. The summed E-state index contributed by atoms with van der Waals surface area (Å²) in [4.78, 5) is 11.7. The van der Waals surface area contributed by atoms with Crippen LogP contribution in [0.5, 0.6) is 0 Å². The number of esters is 1. The van der Waals surface area contributed by atoms with Gasteiger partial charge in [-0.1, -0.05) is 65.2 Å². The molecule has 19 heavy (non-hydrogen) atoms. The highest BCUT2D eigenvalue weighted by atomic mass is 16.5. The fourth-order valence-electron chi connectivity index (χ4n) is 1.92. The molecule has 0 radical (unpaired) electrons. The van der Waals surface area contributed by atoms with E-state index in [0.717, 1.165) is 12.8 Å². The third-order valence-electron chi connectivity index (χ3n) is 3.92. The van der Waals surface area contributed by atoms with E-state index in [1.807, 2.05) is 20.8 Å². The van der Waals surface area contributed by atoms with Crippen LogP contribution in [0.25, 0.3) is 0 Å². The highest BCUT2D eigenvalue weighted by molar-refractivity contribution is 5.75. The molecule has 0 aromatic carbocycles. The zero-order valence-electron chi connectivity index (χ0n) is 13.6. The SMILES string of the molecule is CCCCCCCCCCCOC(=O)C(C)(C)CC. The van der Waals surface area contributed by atoms with Gasteiger partial charge in [-0.3, -0.25) is 4.79 Å². The predicted octanol–water partition coefficient (Wildman–Crippen LogP) is 5.50. The second-order valence-corrected chi connectivity index (χ2v) is 6.20. The standard InChI is InChI=1S/C17H34O2/c1-5-7-8-9-10-11-12-13-14-15-19-16(18)17(3,4)6-2/h5-15H2,1-4H3. The minimum Gasteiger partial charge on any atom is -0.465 e. The van der Waals surface area contributed by atoms with Gasteiger partial charge >= 0.3 is 5.97 Å². The van der Waals surface area contributed by atoms with Gasteiger partial charge in [0.15, 0.2) is 0 Å². The smallest absolute Gasteiger partial charge is 0.311 e. The van der Waals surface area contributed by atoms with Gasteiger partial charge in [-0.15, -0.1) is 0 Å². The molecule has 114 valence electrons. The Bertz CT molecular complexity index is 221. The summed E-state index contributed by atoms with van der Waals surface area (Å²) in [5, 5.41) is 0. The van der Waals surface area contributed by atoms with Gasteiger partial charge in [0.2, 0.25) is 0 Å². The number of rotatable bonds is 12. The molecule has 0 N–H and O–H groups in total. The van der Waals surface area contributed by atoms with E-state index in [9.17, 15) is 4.79 Å². The monoisotopic (exact) mass is 270 g/mol. The van der Waals surface area contributed by atoms with Crippen molar-refractivity contribution in [1.29, 1.82) is 0 Å². The summed E-state index contributed by atoms with van der Waals surface area (Å²) in [6.45, 7) is 8.77. The Kier molecular flexibility index (Phi) is 11.0. The molecule has 0 saturated carbocycles. The predicted molar refractivity (Wildman–Crippen MR) is 82.3 cm³/mol. The van der Waals surface area contributed by atoms with Crippen LogP contribution in [-0.4, -0.2) is 12.6 Å². The minimum absolute atomic E-state index is 0.0467. The number of ether oxygens (including phenoxy) is 1. The maximum atomic E-state index is 11.7. The first kappa shape index (κ1) is 18.5. The molecule has 0 aliphatic carbocycles.